The minimum atomic E-state index is -3.33. The van der Waals surface area contributed by atoms with Gasteiger partial charge in [-0.3, -0.25) is 9.89 Å². The number of sulfone groups is 1. The third kappa shape index (κ3) is 3.24. The van der Waals surface area contributed by atoms with Crippen LogP contribution >= 0.6 is 0 Å². The zero-order chi connectivity index (χ0) is 14.8. The van der Waals surface area contributed by atoms with Crippen molar-refractivity contribution in [3.05, 3.63) is 47.3 Å². The number of aromatic nitrogens is 2. The molecule has 0 aliphatic rings. The lowest BCUT2D eigenvalue weighted by Gasteiger charge is -2.08. The van der Waals surface area contributed by atoms with Crippen molar-refractivity contribution < 1.29 is 13.2 Å². The molecule has 106 valence electrons. The summed E-state index contributed by atoms with van der Waals surface area (Å²) in [6.45, 7) is 2.09. The van der Waals surface area contributed by atoms with Crippen molar-refractivity contribution in [1.29, 1.82) is 0 Å². The van der Waals surface area contributed by atoms with E-state index >= 15 is 0 Å². The van der Waals surface area contributed by atoms with E-state index in [2.05, 4.69) is 15.5 Å². The highest BCUT2D eigenvalue weighted by molar-refractivity contribution is 7.90. The van der Waals surface area contributed by atoms with E-state index in [1.807, 2.05) is 0 Å². The summed E-state index contributed by atoms with van der Waals surface area (Å²) in [6, 6.07) is 4.52. The van der Waals surface area contributed by atoms with Gasteiger partial charge in [0.05, 0.1) is 11.1 Å². The van der Waals surface area contributed by atoms with E-state index in [4.69, 9.17) is 0 Å². The van der Waals surface area contributed by atoms with Crippen molar-refractivity contribution in [2.75, 3.05) is 6.26 Å². The van der Waals surface area contributed by atoms with Crippen molar-refractivity contribution in [3.63, 3.8) is 0 Å². The number of amides is 1. The molecule has 2 rings (SSSR count). The number of nitrogens with zero attached hydrogens (tertiary/aromatic N) is 1. The number of hydrogen-bond donors (Lipinski definition) is 2. The van der Waals surface area contributed by atoms with E-state index in [9.17, 15) is 13.2 Å². The fourth-order valence-corrected chi connectivity index (χ4v) is 2.38. The zero-order valence-electron chi connectivity index (χ0n) is 11.2. The van der Waals surface area contributed by atoms with Gasteiger partial charge in [-0.05, 0) is 24.6 Å². The van der Waals surface area contributed by atoms with Crippen LogP contribution in [0.25, 0.3) is 0 Å². The molecule has 0 atom stereocenters. The Labute approximate surface area is 117 Å². The Kier molecular flexibility index (Phi) is 3.89. The highest BCUT2D eigenvalue weighted by atomic mass is 32.2. The molecular weight excluding hydrogens is 278 g/mol. The molecule has 0 radical (unpaired) electrons. The quantitative estimate of drug-likeness (QED) is 0.881. The van der Waals surface area contributed by atoms with Crippen molar-refractivity contribution in [3.8, 4) is 0 Å². The number of rotatable bonds is 4. The minimum Gasteiger partial charge on any atom is -0.348 e. The van der Waals surface area contributed by atoms with Crippen LogP contribution in [0.2, 0.25) is 0 Å². The topological polar surface area (TPSA) is 91.9 Å². The summed E-state index contributed by atoms with van der Waals surface area (Å²) in [4.78, 5) is 12.2. The Balaban J connectivity index is 2.21. The molecule has 1 heterocycles. The summed E-state index contributed by atoms with van der Waals surface area (Å²) in [6.07, 6.45) is 4.41. The van der Waals surface area contributed by atoms with Gasteiger partial charge < -0.3 is 5.32 Å². The summed E-state index contributed by atoms with van der Waals surface area (Å²) >= 11 is 0. The summed E-state index contributed by atoms with van der Waals surface area (Å²) in [5, 5.41) is 9.16. The molecule has 6 nitrogen and oxygen atoms in total. The van der Waals surface area contributed by atoms with Crippen molar-refractivity contribution in [1.82, 2.24) is 15.5 Å². The Morgan fingerprint density at radius 2 is 2.15 bits per heavy atom. The molecule has 1 amide bonds. The predicted molar refractivity (Wildman–Crippen MR) is 74.0 cm³/mol. The van der Waals surface area contributed by atoms with Crippen LogP contribution in [0.1, 0.15) is 21.5 Å². The first-order valence-electron chi connectivity index (χ1n) is 5.94. The van der Waals surface area contributed by atoms with Gasteiger partial charge in [-0.25, -0.2) is 8.42 Å². The summed E-state index contributed by atoms with van der Waals surface area (Å²) in [7, 11) is -3.33. The lowest BCUT2D eigenvalue weighted by Crippen LogP contribution is -2.23. The van der Waals surface area contributed by atoms with E-state index in [1.165, 1.54) is 12.1 Å². The van der Waals surface area contributed by atoms with Gasteiger partial charge in [0.25, 0.3) is 5.91 Å². The second-order valence-corrected chi connectivity index (χ2v) is 6.55. The molecule has 0 aliphatic carbocycles. The number of hydrogen-bond acceptors (Lipinski definition) is 4. The molecule has 0 bridgehead atoms. The predicted octanol–water partition coefficient (Wildman–Crippen LogP) is 1.05. The molecule has 0 aliphatic heterocycles. The monoisotopic (exact) mass is 293 g/mol. The number of carbonyl (C=O) groups excluding carboxylic acids is 1. The van der Waals surface area contributed by atoms with Crippen LogP contribution in [-0.4, -0.2) is 30.8 Å². The zero-order valence-corrected chi connectivity index (χ0v) is 12.0. The Bertz CT molecular complexity index is 721. The van der Waals surface area contributed by atoms with Crippen LogP contribution < -0.4 is 5.32 Å². The SMILES string of the molecule is Cc1ccc(S(C)(=O)=O)cc1C(=O)NCc1cn[nH]c1. The number of benzene rings is 1. The number of nitrogens with one attached hydrogen (secondary N) is 2. The molecule has 20 heavy (non-hydrogen) atoms. The maximum absolute atomic E-state index is 12.1. The normalized spacial score (nSPS) is 11.3. The van der Waals surface area contributed by atoms with E-state index < -0.39 is 9.84 Å². The fourth-order valence-electron chi connectivity index (χ4n) is 1.73. The van der Waals surface area contributed by atoms with Gasteiger partial charge in [0.2, 0.25) is 0 Å². The van der Waals surface area contributed by atoms with Crippen LogP contribution in [0.4, 0.5) is 0 Å². The highest BCUT2D eigenvalue weighted by Crippen LogP contribution is 2.15. The molecule has 2 aromatic rings. The first-order chi connectivity index (χ1) is 9.38. The third-order valence-electron chi connectivity index (χ3n) is 2.89. The van der Waals surface area contributed by atoms with Gasteiger partial charge in [-0.2, -0.15) is 5.10 Å². The number of H-pyrrole nitrogens is 1. The standard InChI is InChI=1S/C13H15N3O3S/c1-9-3-4-11(20(2,18)19)5-12(9)13(17)14-6-10-7-15-16-8-10/h3-5,7-8H,6H2,1-2H3,(H,14,17)(H,15,16). The largest absolute Gasteiger partial charge is 0.348 e. The van der Waals surface area contributed by atoms with Crippen LogP contribution in [-0.2, 0) is 16.4 Å². The van der Waals surface area contributed by atoms with Gasteiger partial charge in [0.1, 0.15) is 0 Å². The lowest BCUT2D eigenvalue weighted by atomic mass is 10.1. The first-order valence-corrected chi connectivity index (χ1v) is 7.83. The molecule has 1 aromatic carbocycles. The van der Waals surface area contributed by atoms with E-state index in [0.29, 0.717) is 12.1 Å². The smallest absolute Gasteiger partial charge is 0.251 e. The molecule has 0 spiro atoms. The number of aryl methyl sites for hydroxylation is 1. The van der Waals surface area contributed by atoms with Gasteiger partial charge in [0, 0.05) is 30.1 Å². The van der Waals surface area contributed by atoms with Gasteiger partial charge in [-0.1, -0.05) is 6.07 Å². The number of aromatic amines is 1. The Morgan fingerprint density at radius 3 is 2.75 bits per heavy atom. The molecule has 0 unspecified atom stereocenters. The van der Waals surface area contributed by atoms with E-state index in [1.54, 1.807) is 25.4 Å². The summed E-state index contributed by atoms with van der Waals surface area (Å²) in [5.41, 5.74) is 1.92. The molecule has 0 saturated heterocycles. The van der Waals surface area contributed by atoms with E-state index in [-0.39, 0.29) is 10.8 Å². The van der Waals surface area contributed by atoms with Crippen LogP contribution in [0.15, 0.2) is 35.5 Å². The lowest BCUT2D eigenvalue weighted by molar-refractivity contribution is 0.0950. The average Bonchev–Trinajstić information content (AvgIpc) is 2.88. The van der Waals surface area contributed by atoms with E-state index in [0.717, 1.165) is 17.4 Å². The van der Waals surface area contributed by atoms with Crippen LogP contribution in [0.5, 0.6) is 0 Å². The Hall–Kier alpha value is -2.15. The fraction of sp³-hybridized carbons (Fsp3) is 0.231. The average molecular weight is 293 g/mol. The first kappa shape index (κ1) is 14.3. The van der Waals surface area contributed by atoms with Crippen molar-refractivity contribution in [2.24, 2.45) is 0 Å². The third-order valence-corrected chi connectivity index (χ3v) is 4.00. The number of carbonyl (C=O) groups is 1. The second-order valence-electron chi connectivity index (χ2n) is 4.54. The molecule has 0 saturated carbocycles. The van der Waals surface area contributed by atoms with Crippen molar-refractivity contribution in [2.45, 2.75) is 18.4 Å². The van der Waals surface area contributed by atoms with Gasteiger partial charge >= 0.3 is 0 Å². The summed E-state index contributed by atoms with van der Waals surface area (Å²) in [5.74, 6) is -0.311. The molecule has 7 heteroatoms. The molecule has 1 aromatic heterocycles. The maximum atomic E-state index is 12.1. The Morgan fingerprint density at radius 1 is 1.40 bits per heavy atom. The second kappa shape index (κ2) is 5.46. The molecular formula is C13H15N3O3S. The highest BCUT2D eigenvalue weighted by Gasteiger charge is 2.14. The summed E-state index contributed by atoms with van der Waals surface area (Å²) < 4.78 is 23.0. The van der Waals surface area contributed by atoms with Crippen LogP contribution in [0.3, 0.4) is 0 Å². The minimum absolute atomic E-state index is 0.136. The molecule has 2 N–H and O–H groups in total. The van der Waals surface area contributed by atoms with Crippen molar-refractivity contribution >= 4 is 15.7 Å². The van der Waals surface area contributed by atoms with Gasteiger partial charge in [0.15, 0.2) is 9.84 Å². The van der Waals surface area contributed by atoms with Gasteiger partial charge in [-0.15, -0.1) is 0 Å². The maximum Gasteiger partial charge on any atom is 0.251 e. The molecule has 0 fully saturated rings. The van der Waals surface area contributed by atoms with Crippen LogP contribution in [0, 0.1) is 6.92 Å².